The lowest BCUT2D eigenvalue weighted by Gasteiger charge is -1.96. The van der Waals surface area contributed by atoms with E-state index in [1.54, 1.807) is 4.40 Å². The van der Waals surface area contributed by atoms with E-state index in [1.807, 2.05) is 27.2 Å². The van der Waals surface area contributed by atoms with Crippen molar-refractivity contribution >= 4 is 19.0 Å². The zero-order valence-electron chi connectivity index (χ0n) is 7.00. The van der Waals surface area contributed by atoms with Gasteiger partial charge in [0.15, 0.2) is 11.5 Å². The zero-order chi connectivity index (χ0) is 8.72. The number of hydrogen-bond donors (Lipinski definition) is 0. The minimum Gasteiger partial charge on any atom is -0.305 e. The summed E-state index contributed by atoms with van der Waals surface area (Å²) in [6.45, 7) is 1.85. The highest BCUT2D eigenvalue weighted by molar-refractivity contribution is 6.32. The SMILES string of the molecule is Bc1cc(F)c2nc(C)cn2c1. The number of halogens is 1. The number of aromatic nitrogens is 2. The fraction of sp³-hybridized carbons (Fsp3) is 0.125. The molecule has 0 bridgehead atoms. The van der Waals surface area contributed by atoms with Gasteiger partial charge in [-0.3, -0.25) is 0 Å². The molecule has 2 nitrogen and oxygen atoms in total. The third-order valence-corrected chi connectivity index (χ3v) is 1.76. The quantitative estimate of drug-likeness (QED) is 0.500. The summed E-state index contributed by atoms with van der Waals surface area (Å²) in [6, 6.07) is 1.49. The number of fused-ring (bicyclic) bond motifs is 1. The maximum atomic E-state index is 13.2. The molecule has 2 heterocycles. The summed E-state index contributed by atoms with van der Waals surface area (Å²) in [7, 11) is 1.86. The standard InChI is InChI=1S/C8H8BFN2/c1-5-3-12-4-6(9)2-7(10)8(12)11-5/h2-4H,9H2,1H3. The van der Waals surface area contributed by atoms with Crippen molar-refractivity contribution in [2.24, 2.45) is 0 Å². The second-order valence-corrected chi connectivity index (χ2v) is 2.98. The van der Waals surface area contributed by atoms with Crippen molar-refractivity contribution in [1.82, 2.24) is 9.38 Å². The summed E-state index contributed by atoms with van der Waals surface area (Å²) >= 11 is 0. The molecule has 60 valence electrons. The first-order valence-corrected chi connectivity index (χ1v) is 3.78. The van der Waals surface area contributed by atoms with Crippen molar-refractivity contribution in [3.8, 4) is 0 Å². The lowest BCUT2D eigenvalue weighted by atomic mass is 9.99. The highest BCUT2D eigenvalue weighted by Crippen LogP contribution is 2.06. The van der Waals surface area contributed by atoms with Gasteiger partial charge in [-0.25, -0.2) is 9.37 Å². The zero-order valence-corrected chi connectivity index (χ0v) is 7.00. The van der Waals surface area contributed by atoms with Crippen LogP contribution in [-0.2, 0) is 0 Å². The molecule has 0 unspecified atom stereocenters. The molecule has 0 radical (unpaired) electrons. The molecule has 0 N–H and O–H groups in total. The molecular weight excluding hydrogens is 154 g/mol. The van der Waals surface area contributed by atoms with Gasteiger partial charge in [0.25, 0.3) is 0 Å². The second-order valence-electron chi connectivity index (χ2n) is 2.98. The molecule has 0 aromatic carbocycles. The van der Waals surface area contributed by atoms with Gasteiger partial charge in [0.2, 0.25) is 0 Å². The first-order valence-electron chi connectivity index (χ1n) is 3.78. The molecule has 0 atom stereocenters. The number of imidazole rings is 1. The summed E-state index contributed by atoms with van der Waals surface area (Å²) in [5, 5.41) is 0. The van der Waals surface area contributed by atoms with E-state index in [0.717, 1.165) is 11.2 Å². The fourth-order valence-electron chi connectivity index (χ4n) is 1.31. The first kappa shape index (κ1) is 7.34. The number of aryl methyl sites for hydroxylation is 1. The predicted octanol–water partition coefficient (Wildman–Crippen LogP) is 0.0402. The fourth-order valence-corrected chi connectivity index (χ4v) is 1.31. The predicted molar refractivity (Wildman–Crippen MR) is 48.1 cm³/mol. The van der Waals surface area contributed by atoms with Gasteiger partial charge >= 0.3 is 0 Å². The molecule has 2 aromatic heterocycles. The largest absolute Gasteiger partial charge is 0.305 e. The molecule has 0 saturated heterocycles. The van der Waals surface area contributed by atoms with Gasteiger partial charge in [0, 0.05) is 12.4 Å². The van der Waals surface area contributed by atoms with Gasteiger partial charge < -0.3 is 4.40 Å². The Balaban J connectivity index is 2.88. The lowest BCUT2D eigenvalue weighted by molar-refractivity contribution is 0.631. The molecule has 0 spiro atoms. The van der Waals surface area contributed by atoms with Crippen LogP contribution in [0.5, 0.6) is 0 Å². The number of rotatable bonds is 0. The average molecular weight is 162 g/mol. The van der Waals surface area contributed by atoms with Crippen molar-refractivity contribution in [2.45, 2.75) is 6.92 Å². The average Bonchev–Trinajstić information content (AvgIpc) is 2.29. The third kappa shape index (κ3) is 0.997. The van der Waals surface area contributed by atoms with Gasteiger partial charge in [0.05, 0.1) is 5.69 Å². The van der Waals surface area contributed by atoms with Gasteiger partial charge in [-0.15, -0.1) is 0 Å². The maximum absolute atomic E-state index is 13.2. The van der Waals surface area contributed by atoms with Gasteiger partial charge in [-0.2, -0.15) is 0 Å². The van der Waals surface area contributed by atoms with E-state index >= 15 is 0 Å². The Kier molecular flexibility index (Phi) is 1.43. The Morgan fingerprint density at radius 1 is 1.50 bits per heavy atom. The van der Waals surface area contributed by atoms with Crippen LogP contribution in [0, 0.1) is 12.7 Å². The maximum Gasteiger partial charge on any atom is 0.173 e. The van der Waals surface area contributed by atoms with Crippen LogP contribution in [0.2, 0.25) is 0 Å². The summed E-state index contributed by atoms with van der Waals surface area (Å²) in [5.74, 6) is -0.261. The van der Waals surface area contributed by atoms with Crippen molar-refractivity contribution in [3.63, 3.8) is 0 Å². The first-order chi connectivity index (χ1) is 5.66. The van der Waals surface area contributed by atoms with E-state index in [0.29, 0.717) is 5.65 Å². The Hall–Kier alpha value is -1.32. The Morgan fingerprint density at radius 2 is 2.25 bits per heavy atom. The molecule has 4 heteroatoms. The lowest BCUT2D eigenvalue weighted by Crippen LogP contribution is -2.06. The number of pyridine rings is 1. The van der Waals surface area contributed by atoms with Gasteiger partial charge in [0.1, 0.15) is 7.85 Å². The van der Waals surface area contributed by atoms with Gasteiger partial charge in [-0.05, 0) is 13.0 Å². The normalized spacial score (nSPS) is 10.8. The smallest absolute Gasteiger partial charge is 0.173 e. The van der Waals surface area contributed by atoms with Crippen molar-refractivity contribution in [3.05, 3.63) is 30.0 Å². The van der Waals surface area contributed by atoms with Crippen LogP contribution in [0.1, 0.15) is 5.69 Å². The minimum atomic E-state index is -0.261. The third-order valence-electron chi connectivity index (χ3n) is 1.76. The summed E-state index contributed by atoms with van der Waals surface area (Å²) < 4.78 is 14.9. The summed E-state index contributed by atoms with van der Waals surface area (Å²) in [5.41, 5.74) is 2.13. The monoisotopic (exact) mass is 162 g/mol. The molecule has 2 aromatic rings. The van der Waals surface area contributed by atoms with Crippen LogP contribution in [0.4, 0.5) is 4.39 Å². The molecule has 0 amide bonds. The molecular formula is C8H8BFN2. The molecule has 2 rings (SSSR count). The van der Waals surface area contributed by atoms with E-state index in [-0.39, 0.29) is 5.82 Å². The molecule has 0 saturated carbocycles. The molecule has 0 aliphatic heterocycles. The van der Waals surface area contributed by atoms with Crippen LogP contribution < -0.4 is 5.46 Å². The Labute approximate surface area is 70.5 Å². The second kappa shape index (κ2) is 2.34. The number of hydrogen-bond acceptors (Lipinski definition) is 1. The Morgan fingerprint density at radius 3 is 3.00 bits per heavy atom. The van der Waals surface area contributed by atoms with Gasteiger partial charge in [-0.1, -0.05) is 5.46 Å². The van der Waals surface area contributed by atoms with E-state index in [1.165, 1.54) is 6.07 Å². The molecule has 12 heavy (non-hydrogen) atoms. The van der Waals surface area contributed by atoms with E-state index in [9.17, 15) is 4.39 Å². The summed E-state index contributed by atoms with van der Waals surface area (Å²) in [6.07, 6.45) is 3.67. The molecule has 0 fully saturated rings. The summed E-state index contributed by atoms with van der Waals surface area (Å²) in [4.78, 5) is 4.04. The number of nitrogens with zero attached hydrogens (tertiary/aromatic N) is 2. The minimum absolute atomic E-state index is 0.261. The van der Waals surface area contributed by atoms with Crippen LogP contribution >= 0.6 is 0 Å². The van der Waals surface area contributed by atoms with Crippen LogP contribution in [-0.4, -0.2) is 17.2 Å². The van der Waals surface area contributed by atoms with Crippen molar-refractivity contribution in [1.29, 1.82) is 0 Å². The van der Waals surface area contributed by atoms with E-state index in [4.69, 9.17) is 0 Å². The van der Waals surface area contributed by atoms with Crippen LogP contribution in [0.3, 0.4) is 0 Å². The molecule has 0 aliphatic carbocycles. The molecule has 0 aliphatic rings. The van der Waals surface area contributed by atoms with Crippen LogP contribution in [0.15, 0.2) is 18.5 Å². The van der Waals surface area contributed by atoms with Crippen LogP contribution in [0.25, 0.3) is 5.65 Å². The van der Waals surface area contributed by atoms with E-state index < -0.39 is 0 Å². The van der Waals surface area contributed by atoms with E-state index in [2.05, 4.69) is 4.98 Å². The topological polar surface area (TPSA) is 17.3 Å². The van der Waals surface area contributed by atoms with Crippen molar-refractivity contribution < 1.29 is 4.39 Å². The Bertz CT molecular complexity index is 436. The highest BCUT2D eigenvalue weighted by atomic mass is 19.1. The highest BCUT2D eigenvalue weighted by Gasteiger charge is 2.03. The van der Waals surface area contributed by atoms with Crippen molar-refractivity contribution in [2.75, 3.05) is 0 Å².